The van der Waals surface area contributed by atoms with Gasteiger partial charge in [-0.1, -0.05) is 6.07 Å². The van der Waals surface area contributed by atoms with E-state index in [1.807, 2.05) is 13.8 Å². The van der Waals surface area contributed by atoms with Crippen LogP contribution < -0.4 is 9.47 Å². The number of hydrogen-bond acceptors (Lipinski definition) is 5. The first-order valence-corrected chi connectivity index (χ1v) is 6.48. The van der Waals surface area contributed by atoms with Crippen LogP contribution in [-0.4, -0.2) is 23.8 Å². The van der Waals surface area contributed by atoms with Crippen LogP contribution in [0.2, 0.25) is 0 Å². The molecule has 0 aliphatic heterocycles. The first-order chi connectivity index (χ1) is 9.56. The van der Waals surface area contributed by atoms with Crippen molar-refractivity contribution in [3.8, 4) is 11.5 Å². The summed E-state index contributed by atoms with van der Waals surface area (Å²) in [6.07, 6.45) is 2.07. The molecule has 110 valence electrons. The highest BCUT2D eigenvalue weighted by molar-refractivity contribution is 5.73. The van der Waals surface area contributed by atoms with E-state index in [4.69, 9.17) is 19.3 Å². The molecule has 1 N–H and O–H groups in total. The minimum atomic E-state index is -0.301. The van der Waals surface area contributed by atoms with E-state index in [9.17, 15) is 4.79 Å². The van der Waals surface area contributed by atoms with Gasteiger partial charge in [-0.3, -0.25) is 4.79 Å². The van der Waals surface area contributed by atoms with Gasteiger partial charge in [0.05, 0.1) is 19.1 Å². The first-order valence-electron chi connectivity index (χ1n) is 6.48. The average Bonchev–Trinajstić information content (AvgIpc) is 2.38. The van der Waals surface area contributed by atoms with Crippen molar-refractivity contribution in [3.63, 3.8) is 0 Å². The number of rotatable bonds is 7. The van der Waals surface area contributed by atoms with Crippen LogP contribution in [0.4, 0.5) is 0 Å². The van der Waals surface area contributed by atoms with Gasteiger partial charge in [0.1, 0.15) is 24.0 Å². The van der Waals surface area contributed by atoms with E-state index in [-0.39, 0.29) is 18.5 Å². The lowest BCUT2D eigenvalue weighted by molar-refractivity contribution is -0.142. The van der Waals surface area contributed by atoms with Crippen molar-refractivity contribution >= 4 is 5.97 Å². The Labute approximate surface area is 118 Å². The van der Waals surface area contributed by atoms with Crippen LogP contribution in [0.15, 0.2) is 30.7 Å². The topological polar surface area (TPSA) is 65.0 Å². The lowest BCUT2D eigenvalue weighted by atomic mass is 10.1. The van der Waals surface area contributed by atoms with E-state index in [0.29, 0.717) is 18.1 Å². The van der Waals surface area contributed by atoms with Gasteiger partial charge < -0.3 is 19.3 Å². The Morgan fingerprint density at radius 2 is 2.15 bits per heavy atom. The predicted molar refractivity (Wildman–Crippen MR) is 74.9 cm³/mol. The number of hydrogen-bond donors (Lipinski definition) is 1. The van der Waals surface area contributed by atoms with Gasteiger partial charge in [-0.05, 0) is 26.8 Å². The number of carbonyl (C=O) groups is 1. The average molecular weight is 280 g/mol. The molecule has 0 aromatic heterocycles. The van der Waals surface area contributed by atoms with Crippen molar-refractivity contribution in [2.24, 2.45) is 0 Å². The molecule has 0 aliphatic carbocycles. The molecule has 0 saturated heterocycles. The second-order valence-electron chi connectivity index (χ2n) is 4.32. The highest BCUT2D eigenvalue weighted by atomic mass is 16.5. The van der Waals surface area contributed by atoms with Crippen molar-refractivity contribution < 1.29 is 24.1 Å². The lowest BCUT2D eigenvalue weighted by Gasteiger charge is -2.15. The Morgan fingerprint density at radius 1 is 1.40 bits per heavy atom. The third kappa shape index (κ3) is 5.22. The molecule has 1 aromatic carbocycles. The molecule has 0 bridgehead atoms. The lowest BCUT2D eigenvalue weighted by Crippen LogP contribution is -2.12. The maximum atomic E-state index is 11.6. The molecule has 0 spiro atoms. The second-order valence-corrected chi connectivity index (χ2v) is 4.32. The van der Waals surface area contributed by atoms with Gasteiger partial charge in [0.15, 0.2) is 0 Å². The Kier molecular flexibility index (Phi) is 6.43. The third-order valence-corrected chi connectivity index (χ3v) is 2.31. The minimum absolute atomic E-state index is 0.0282. The SMILES string of the molecule is CCOC(=O)Cc1ccc(OC=CO)cc1OC(C)C. The number of aliphatic hydroxyl groups is 1. The highest BCUT2D eigenvalue weighted by Crippen LogP contribution is 2.27. The molecule has 0 unspecified atom stereocenters. The van der Waals surface area contributed by atoms with Crippen molar-refractivity contribution in [1.29, 1.82) is 0 Å². The fourth-order valence-electron chi connectivity index (χ4n) is 1.59. The monoisotopic (exact) mass is 280 g/mol. The van der Waals surface area contributed by atoms with Crippen molar-refractivity contribution in [2.75, 3.05) is 6.61 Å². The summed E-state index contributed by atoms with van der Waals surface area (Å²) in [7, 11) is 0. The summed E-state index contributed by atoms with van der Waals surface area (Å²) in [6.45, 7) is 5.91. The van der Waals surface area contributed by atoms with Crippen molar-refractivity contribution in [2.45, 2.75) is 33.3 Å². The highest BCUT2D eigenvalue weighted by Gasteiger charge is 2.12. The van der Waals surface area contributed by atoms with Crippen LogP contribution >= 0.6 is 0 Å². The zero-order valence-corrected chi connectivity index (χ0v) is 12.0. The van der Waals surface area contributed by atoms with Gasteiger partial charge in [-0.2, -0.15) is 0 Å². The van der Waals surface area contributed by atoms with Gasteiger partial charge in [0.2, 0.25) is 0 Å². The maximum Gasteiger partial charge on any atom is 0.310 e. The fraction of sp³-hybridized carbons (Fsp3) is 0.400. The second kappa shape index (κ2) is 8.09. The normalized spacial score (nSPS) is 10.8. The molecule has 0 fully saturated rings. The van der Waals surface area contributed by atoms with Crippen molar-refractivity contribution in [1.82, 2.24) is 0 Å². The van der Waals surface area contributed by atoms with Crippen LogP contribution in [0.25, 0.3) is 0 Å². The summed E-state index contributed by atoms with van der Waals surface area (Å²) >= 11 is 0. The number of benzene rings is 1. The summed E-state index contributed by atoms with van der Waals surface area (Å²) < 4.78 is 15.8. The molecular formula is C15H20O5. The zero-order valence-electron chi connectivity index (χ0n) is 12.0. The molecule has 0 heterocycles. The van der Waals surface area contributed by atoms with Crippen LogP contribution in [0.3, 0.4) is 0 Å². The summed E-state index contributed by atoms with van der Waals surface area (Å²) in [4.78, 5) is 11.6. The van der Waals surface area contributed by atoms with E-state index in [1.165, 1.54) is 0 Å². The van der Waals surface area contributed by atoms with E-state index in [2.05, 4.69) is 0 Å². The van der Waals surface area contributed by atoms with Gasteiger partial charge in [0.25, 0.3) is 0 Å². The summed E-state index contributed by atoms with van der Waals surface area (Å²) in [5.41, 5.74) is 0.734. The third-order valence-electron chi connectivity index (χ3n) is 2.31. The molecule has 1 rings (SSSR count). The zero-order chi connectivity index (χ0) is 15.0. The fourth-order valence-corrected chi connectivity index (χ4v) is 1.59. The molecule has 0 aliphatic rings. The molecule has 0 amide bonds. The summed E-state index contributed by atoms with van der Waals surface area (Å²) in [6, 6.07) is 5.12. The summed E-state index contributed by atoms with van der Waals surface area (Å²) in [5.74, 6) is 0.778. The van der Waals surface area contributed by atoms with Crippen molar-refractivity contribution in [3.05, 3.63) is 36.3 Å². The van der Waals surface area contributed by atoms with E-state index < -0.39 is 0 Å². The van der Waals surface area contributed by atoms with E-state index >= 15 is 0 Å². The number of ether oxygens (including phenoxy) is 3. The molecular weight excluding hydrogens is 260 g/mol. The molecule has 20 heavy (non-hydrogen) atoms. The van der Waals surface area contributed by atoms with E-state index in [0.717, 1.165) is 18.1 Å². The Morgan fingerprint density at radius 3 is 2.75 bits per heavy atom. The number of esters is 1. The Balaban J connectivity index is 2.93. The molecule has 5 heteroatoms. The Hall–Kier alpha value is -2.17. The van der Waals surface area contributed by atoms with Crippen LogP contribution in [0.5, 0.6) is 11.5 Å². The molecule has 5 nitrogen and oxygen atoms in total. The van der Waals surface area contributed by atoms with Gasteiger partial charge in [-0.25, -0.2) is 0 Å². The van der Waals surface area contributed by atoms with Crippen LogP contribution in [0.1, 0.15) is 26.3 Å². The van der Waals surface area contributed by atoms with Crippen LogP contribution in [-0.2, 0) is 16.0 Å². The molecule has 0 radical (unpaired) electrons. The number of carbonyl (C=O) groups excluding carboxylic acids is 1. The molecule has 0 atom stereocenters. The number of aliphatic hydroxyl groups excluding tert-OH is 1. The van der Waals surface area contributed by atoms with E-state index in [1.54, 1.807) is 25.1 Å². The largest absolute Gasteiger partial charge is 0.512 e. The quantitative estimate of drug-likeness (QED) is 0.614. The predicted octanol–water partition coefficient (Wildman–Crippen LogP) is 2.99. The summed E-state index contributed by atoms with van der Waals surface area (Å²) in [5, 5.41) is 8.58. The van der Waals surface area contributed by atoms with Gasteiger partial charge in [-0.15, -0.1) is 0 Å². The molecule has 1 aromatic rings. The van der Waals surface area contributed by atoms with Crippen LogP contribution in [0, 0.1) is 0 Å². The maximum absolute atomic E-state index is 11.6. The first kappa shape index (κ1) is 15.9. The standard InChI is InChI=1S/C15H20O5/c1-4-18-15(17)9-12-5-6-13(19-8-7-16)10-14(12)20-11(2)3/h5-8,10-11,16H,4,9H2,1-3H3. The molecule has 0 saturated carbocycles. The smallest absolute Gasteiger partial charge is 0.310 e. The van der Waals surface area contributed by atoms with Gasteiger partial charge >= 0.3 is 5.97 Å². The Bertz CT molecular complexity index is 465. The minimum Gasteiger partial charge on any atom is -0.512 e. The van der Waals surface area contributed by atoms with Gasteiger partial charge in [0, 0.05) is 11.6 Å².